The molecule has 0 saturated heterocycles. The molecule has 0 bridgehead atoms. The summed E-state index contributed by atoms with van der Waals surface area (Å²) in [5, 5.41) is 0. The smallest absolute Gasteiger partial charge is 0.118 e. The van der Waals surface area contributed by atoms with E-state index in [-0.39, 0.29) is 0 Å². The number of pyridine rings is 2. The zero-order chi connectivity index (χ0) is 21.9. The Kier molecular flexibility index (Phi) is 5.59. The molecule has 0 atom stereocenters. The number of nitrogens with zero attached hydrogens (tertiary/aromatic N) is 2. The molecule has 0 aliphatic heterocycles. The van der Waals surface area contributed by atoms with Gasteiger partial charge in [0.05, 0.1) is 14.2 Å². The maximum atomic E-state index is 5.41. The number of hydrogen-bond acceptors (Lipinski definition) is 4. The molecule has 0 spiro atoms. The van der Waals surface area contributed by atoms with Crippen molar-refractivity contribution in [3.63, 3.8) is 0 Å². The summed E-state index contributed by atoms with van der Waals surface area (Å²) in [6.07, 6.45) is 7.58. The van der Waals surface area contributed by atoms with Crippen LogP contribution in [0.1, 0.15) is 45.9 Å². The summed E-state index contributed by atoms with van der Waals surface area (Å²) in [6, 6.07) is 25.7. The quantitative estimate of drug-likeness (QED) is 0.386. The van der Waals surface area contributed by atoms with Crippen LogP contribution in [0.4, 0.5) is 0 Å². The summed E-state index contributed by atoms with van der Waals surface area (Å²) in [7, 11) is 3.41. The van der Waals surface area contributed by atoms with Crippen molar-refractivity contribution in [2.45, 2.75) is 23.7 Å². The monoisotopic (exact) mass is 422 g/mol. The van der Waals surface area contributed by atoms with Crippen molar-refractivity contribution >= 4 is 0 Å². The van der Waals surface area contributed by atoms with Crippen molar-refractivity contribution in [3.05, 3.63) is 120 Å². The van der Waals surface area contributed by atoms with Crippen molar-refractivity contribution in [3.8, 4) is 11.5 Å². The van der Waals surface area contributed by atoms with E-state index in [4.69, 9.17) is 9.47 Å². The minimum absolute atomic E-state index is 0.331. The van der Waals surface area contributed by atoms with Gasteiger partial charge in [-0.05, 0) is 94.5 Å². The number of hydrogen-bond donors (Lipinski definition) is 0. The van der Waals surface area contributed by atoms with Gasteiger partial charge in [-0.2, -0.15) is 0 Å². The minimum atomic E-state index is 0.331. The van der Waals surface area contributed by atoms with Crippen LogP contribution in [-0.4, -0.2) is 24.2 Å². The van der Waals surface area contributed by atoms with Gasteiger partial charge in [0.1, 0.15) is 11.5 Å². The highest BCUT2D eigenvalue weighted by molar-refractivity contribution is 5.48. The van der Waals surface area contributed by atoms with Crippen LogP contribution in [0.15, 0.2) is 97.6 Å². The van der Waals surface area contributed by atoms with Gasteiger partial charge in [0.25, 0.3) is 0 Å². The molecule has 32 heavy (non-hydrogen) atoms. The van der Waals surface area contributed by atoms with E-state index in [0.717, 1.165) is 11.5 Å². The summed E-state index contributed by atoms with van der Waals surface area (Å²) < 4.78 is 10.8. The maximum Gasteiger partial charge on any atom is 0.118 e. The fourth-order valence-electron chi connectivity index (χ4n) is 5.23. The Morgan fingerprint density at radius 1 is 0.438 bits per heavy atom. The predicted molar refractivity (Wildman–Crippen MR) is 125 cm³/mol. The van der Waals surface area contributed by atoms with E-state index < -0.39 is 0 Å². The highest BCUT2D eigenvalue weighted by Gasteiger charge is 2.52. The van der Waals surface area contributed by atoms with Crippen LogP contribution in [0.25, 0.3) is 0 Å². The van der Waals surface area contributed by atoms with Crippen LogP contribution in [0, 0.1) is 0 Å². The molecule has 1 fully saturated rings. The highest BCUT2D eigenvalue weighted by Crippen LogP contribution is 2.66. The van der Waals surface area contributed by atoms with Crippen molar-refractivity contribution in [1.29, 1.82) is 0 Å². The fraction of sp³-hybridized carbons (Fsp3) is 0.214. The van der Waals surface area contributed by atoms with E-state index in [1.807, 2.05) is 24.8 Å². The van der Waals surface area contributed by atoms with E-state index >= 15 is 0 Å². The molecule has 0 amide bonds. The summed E-state index contributed by atoms with van der Waals surface area (Å²) in [4.78, 5) is 8.53. The normalized spacial score (nSPS) is 22.1. The number of rotatable bonds is 6. The van der Waals surface area contributed by atoms with Crippen LogP contribution in [0.2, 0.25) is 0 Å². The number of aromatic nitrogens is 2. The van der Waals surface area contributed by atoms with E-state index in [2.05, 4.69) is 82.8 Å². The Morgan fingerprint density at radius 2 is 0.719 bits per heavy atom. The fourth-order valence-corrected chi connectivity index (χ4v) is 5.23. The second-order valence-electron chi connectivity index (χ2n) is 8.21. The Bertz CT molecular complexity index is 1040. The van der Waals surface area contributed by atoms with Crippen LogP contribution < -0.4 is 9.47 Å². The van der Waals surface area contributed by atoms with E-state index in [9.17, 15) is 0 Å². The number of methoxy groups -OCH3 is 2. The van der Waals surface area contributed by atoms with Crippen LogP contribution >= 0.6 is 0 Å². The highest BCUT2D eigenvalue weighted by atomic mass is 16.5. The lowest BCUT2D eigenvalue weighted by Gasteiger charge is -2.53. The molecular weight excluding hydrogens is 396 g/mol. The molecule has 0 unspecified atom stereocenters. The van der Waals surface area contributed by atoms with Crippen LogP contribution in [0.5, 0.6) is 11.5 Å². The second-order valence-corrected chi connectivity index (χ2v) is 8.21. The molecule has 160 valence electrons. The third-order valence-electron chi connectivity index (χ3n) is 6.73. The molecule has 4 aromatic rings. The molecule has 1 aliphatic carbocycles. The summed E-state index contributed by atoms with van der Waals surface area (Å²) in [5.41, 5.74) is 5.26. The molecule has 4 nitrogen and oxygen atoms in total. The molecule has 0 radical (unpaired) electrons. The SMILES string of the molecule is COc1ccc(C2C(c3ccncc3)C(c3ccc(OC)cc3)C2c2ccncc2)cc1. The van der Waals surface area contributed by atoms with E-state index in [1.54, 1.807) is 14.2 Å². The van der Waals surface area contributed by atoms with Crippen molar-refractivity contribution in [1.82, 2.24) is 9.97 Å². The van der Waals surface area contributed by atoms with Crippen LogP contribution in [-0.2, 0) is 0 Å². The molecule has 2 aromatic carbocycles. The zero-order valence-electron chi connectivity index (χ0n) is 18.3. The van der Waals surface area contributed by atoms with Crippen molar-refractivity contribution < 1.29 is 9.47 Å². The van der Waals surface area contributed by atoms with Gasteiger partial charge in [0, 0.05) is 24.8 Å². The standard InChI is InChI=1S/C28H26N2O2/c1-31-23-7-3-19(4-8-23)25-27(21-11-15-29-16-12-21)26(20-5-9-24(32-2)10-6-20)28(25)22-13-17-30-18-14-22/h3-18,25-28H,1-2H3. The van der Waals surface area contributed by atoms with E-state index in [1.165, 1.54) is 22.3 Å². The summed E-state index contributed by atoms with van der Waals surface area (Å²) in [5.74, 6) is 3.08. The Balaban J connectivity index is 1.64. The van der Waals surface area contributed by atoms with Gasteiger partial charge in [-0.25, -0.2) is 0 Å². The van der Waals surface area contributed by atoms with Gasteiger partial charge in [0.15, 0.2) is 0 Å². The minimum Gasteiger partial charge on any atom is -0.497 e. The third kappa shape index (κ3) is 3.62. The topological polar surface area (TPSA) is 44.2 Å². The first-order valence-corrected chi connectivity index (χ1v) is 10.9. The molecule has 2 aromatic heterocycles. The first kappa shape index (κ1) is 20.3. The Hall–Kier alpha value is -3.66. The average Bonchev–Trinajstić information content (AvgIpc) is 2.86. The molecule has 1 saturated carbocycles. The van der Waals surface area contributed by atoms with Gasteiger partial charge >= 0.3 is 0 Å². The molecule has 0 N–H and O–H groups in total. The molecule has 5 rings (SSSR count). The lowest BCUT2D eigenvalue weighted by Crippen LogP contribution is -2.40. The van der Waals surface area contributed by atoms with Crippen molar-refractivity contribution in [2.75, 3.05) is 14.2 Å². The second kappa shape index (κ2) is 8.83. The van der Waals surface area contributed by atoms with Gasteiger partial charge in [0.2, 0.25) is 0 Å². The number of ether oxygens (including phenoxy) is 2. The third-order valence-corrected chi connectivity index (χ3v) is 6.73. The molecule has 4 heteroatoms. The molecule has 2 heterocycles. The van der Waals surface area contributed by atoms with Crippen LogP contribution in [0.3, 0.4) is 0 Å². The van der Waals surface area contributed by atoms with E-state index in [0.29, 0.717) is 23.7 Å². The first-order chi connectivity index (χ1) is 15.8. The average molecular weight is 423 g/mol. The van der Waals surface area contributed by atoms with Gasteiger partial charge < -0.3 is 9.47 Å². The Morgan fingerprint density at radius 3 is 1.00 bits per heavy atom. The largest absolute Gasteiger partial charge is 0.497 e. The molecular formula is C28H26N2O2. The Labute approximate surface area is 188 Å². The first-order valence-electron chi connectivity index (χ1n) is 10.9. The zero-order valence-corrected chi connectivity index (χ0v) is 18.3. The summed E-state index contributed by atoms with van der Waals surface area (Å²) >= 11 is 0. The van der Waals surface area contributed by atoms with Gasteiger partial charge in [-0.3, -0.25) is 9.97 Å². The lowest BCUT2D eigenvalue weighted by molar-refractivity contribution is 0.228. The van der Waals surface area contributed by atoms with Gasteiger partial charge in [-0.15, -0.1) is 0 Å². The predicted octanol–water partition coefficient (Wildman–Crippen LogP) is 5.94. The maximum absolute atomic E-state index is 5.41. The van der Waals surface area contributed by atoms with Gasteiger partial charge in [-0.1, -0.05) is 24.3 Å². The lowest BCUT2D eigenvalue weighted by atomic mass is 9.49. The summed E-state index contributed by atoms with van der Waals surface area (Å²) in [6.45, 7) is 0. The number of benzene rings is 2. The molecule has 1 aliphatic rings. The van der Waals surface area contributed by atoms with Crippen molar-refractivity contribution in [2.24, 2.45) is 0 Å².